The van der Waals surface area contributed by atoms with E-state index in [0.29, 0.717) is 0 Å². The van der Waals surface area contributed by atoms with Crippen molar-refractivity contribution in [2.75, 3.05) is 20.1 Å². The number of nitrogens with two attached hydrogens (primary N) is 1. The van der Waals surface area contributed by atoms with Crippen LogP contribution in [0.15, 0.2) is 0 Å². The summed E-state index contributed by atoms with van der Waals surface area (Å²) in [5.74, 6) is -0.832. The Bertz CT molecular complexity index is 151. The first-order chi connectivity index (χ1) is 6.13. The highest BCUT2D eigenvalue weighted by molar-refractivity contribution is 5.73. The average molecular weight is 188 g/mol. The Labute approximate surface area is 79.7 Å². The normalized spacial score (nSPS) is 13.2. The van der Waals surface area contributed by atoms with Crippen molar-refractivity contribution >= 4 is 5.97 Å². The Hall–Kier alpha value is -0.610. The predicted octanol–water partition coefficient (Wildman–Crippen LogP) is 0.520. The first-order valence-electron chi connectivity index (χ1n) is 4.76. The molecule has 0 aliphatic heterocycles. The van der Waals surface area contributed by atoms with Gasteiger partial charge in [0.25, 0.3) is 0 Å². The standard InChI is InChI=1S/C9H20N2O2/c1-3-4-5-6-11(2)8(7-10)9(12)13/h8H,3-7,10H2,1-2H3,(H,12,13). The molecule has 1 atom stereocenters. The summed E-state index contributed by atoms with van der Waals surface area (Å²) in [4.78, 5) is 12.5. The van der Waals surface area contributed by atoms with Crippen molar-refractivity contribution in [3.05, 3.63) is 0 Å². The molecule has 1 unspecified atom stereocenters. The van der Waals surface area contributed by atoms with Gasteiger partial charge in [-0.25, -0.2) is 0 Å². The van der Waals surface area contributed by atoms with Crippen molar-refractivity contribution in [1.82, 2.24) is 4.90 Å². The Morgan fingerprint density at radius 1 is 1.54 bits per heavy atom. The van der Waals surface area contributed by atoms with Crippen molar-refractivity contribution in [2.45, 2.75) is 32.2 Å². The molecule has 3 N–H and O–H groups in total. The monoisotopic (exact) mass is 188 g/mol. The van der Waals surface area contributed by atoms with Crippen LogP contribution in [-0.4, -0.2) is 42.2 Å². The van der Waals surface area contributed by atoms with E-state index >= 15 is 0 Å². The van der Waals surface area contributed by atoms with E-state index in [1.807, 2.05) is 0 Å². The van der Waals surface area contributed by atoms with Crippen LogP contribution < -0.4 is 5.73 Å². The van der Waals surface area contributed by atoms with Gasteiger partial charge in [0.1, 0.15) is 6.04 Å². The number of carboxylic acid groups (broad SMARTS) is 1. The zero-order valence-corrected chi connectivity index (χ0v) is 8.49. The molecule has 0 fully saturated rings. The molecule has 0 aliphatic carbocycles. The molecule has 0 aromatic carbocycles. The molecular weight excluding hydrogens is 168 g/mol. The molecule has 0 saturated heterocycles. The Morgan fingerprint density at radius 2 is 2.15 bits per heavy atom. The molecule has 0 bridgehead atoms. The average Bonchev–Trinajstić information content (AvgIpc) is 2.05. The second kappa shape index (κ2) is 6.86. The van der Waals surface area contributed by atoms with Crippen LogP contribution in [-0.2, 0) is 4.79 Å². The number of unbranched alkanes of at least 4 members (excludes halogenated alkanes) is 2. The number of hydrogen-bond donors (Lipinski definition) is 2. The first-order valence-corrected chi connectivity index (χ1v) is 4.76. The van der Waals surface area contributed by atoms with Gasteiger partial charge >= 0.3 is 5.97 Å². The molecule has 0 heterocycles. The molecule has 0 aliphatic rings. The molecule has 0 amide bonds. The second-order valence-electron chi connectivity index (χ2n) is 3.28. The molecule has 0 saturated carbocycles. The highest BCUT2D eigenvalue weighted by Crippen LogP contribution is 2.00. The minimum absolute atomic E-state index is 0.179. The van der Waals surface area contributed by atoms with Crippen molar-refractivity contribution in [3.8, 4) is 0 Å². The van der Waals surface area contributed by atoms with Crippen LogP contribution in [0.4, 0.5) is 0 Å². The third-order valence-corrected chi connectivity index (χ3v) is 2.15. The van der Waals surface area contributed by atoms with Gasteiger partial charge < -0.3 is 10.8 Å². The summed E-state index contributed by atoms with van der Waals surface area (Å²) in [6.07, 6.45) is 3.33. The maximum Gasteiger partial charge on any atom is 0.322 e. The van der Waals surface area contributed by atoms with Crippen LogP contribution in [0.25, 0.3) is 0 Å². The number of carbonyl (C=O) groups is 1. The van der Waals surface area contributed by atoms with Crippen LogP contribution in [0.5, 0.6) is 0 Å². The fraction of sp³-hybridized carbons (Fsp3) is 0.889. The van der Waals surface area contributed by atoms with Crippen LogP contribution in [0.3, 0.4) is 0 Å². The number of aliphatic carboxylic acids is 1. The quantitative estimate of drug-likeness (QED) is 0.572. The maximum atomic E-state index is 10.7. The van der Waals surface area contributed by atoms with Crippen molar-refractivity contribution in [3.63, 3.8) is 0 Å². The van der Waals surface area contributed by atoms with Gasteiger partial charge in [0, 0.05) is 6.54 Å². The van der Waals surface area contributed by atoms with E-state index in [9.17, 15) is 4.79 Å². The van der Waals surface area contributed by atoms with Crippen LogP contribution in [0.1, 0.15) is 26.2 Å². The van der Waals surface area contributed by atoms with Crippen LogP contribution >= 0.6 is 0 Å². The predicted molar refractivity (Wildman–Crippen MR) is 52.6 cm³/mol. The number of rotatable bonds is 7. The topological polar surface area (TPSA) is 66.6 Å². The molecule has 0 rings (SSSR count). The fourth-order valence-electron chi connectivity index (χ4n) is 1.24. The largest absolute Gasteiger partial charge is 0.480 e. The lowest BCUT2D eigenvalue weighted by atomic mass is 10.2. The molecule has 4 nitrogen and oxygen atoms in total. The van der Waals surface area contributed by atoms with Gasteiger partial charge in [-0.2, -0.15) is 0 Å². The third kappa shape index (κ3) is 4.85. The lowest BCUT2D eigenvalue weighted by molar-refractivity contribution is -0.142. The summed E-state index contributed by atoms with van der Waals surface area (Å²) >= 11 is 0. The fourth-order valence-corrected chi connectivity index (χ4v) is 1.24. The molecule has 13 heavy (non-hydrogen) atoms. The van der Waals surface area contributed by atoms with Crippen LogP contribution in [0.2, 0.25) is 0 Å². The highest BCUT2D eigenvalue weighted by Gasteiger charge is 2.19. The second-order valence-corrected chi connectivity index (χ2v) is 3.28. The van der Waals surface area contributed by atoms with Gasteiger partial charge in [0.2, 0.25) is 0 Å². The van der Waals surface area contributed by atoms with Crippen LogP contribution in [0, 0.1) is 0 Å². The van der Waals surface area contributed by atoms with E-state index in [2.05, 4.69) is 6.92 Å². The summed E-state index contributed by atoms with van der Waals surface area (Å²) < 4.78 is 0. The van der Waals surface area contributed by atoms with E-state index in [-0.39, 0.29) is 6.54 Å². The molecule has 4 heteroatoms. The number of hydrogen-bond acceptors (Lipinski definition) is 3. The lowest BCUT2D eigenvalue weighted by Gasteiger charge is -2.22. The summed E-state index contributed by atoms with van der Waals surface area (Å²) in [5.41, 5.74) is 5.36. The number of carboxylic acids is 1. The SMILES string of the molecule is CCCCCN(C)C(CN)C(=O)O. The van der Waals surface area contributed by atoms with Crippen molar-refractivity contribution in [2.24, 2.45) is 5.73 Å². The van der Waals surface area contributed by atoms with Gasteiger partial charge in [0.15, 0.2) is 0 Å². The van der Waals surface area contributed by atoms with Crippen molar-refractivity contribution in [1.29, 1.82) is 0 Å². The molecule has 0 aromatic heterocycles. The highest BCUT2D eigenvalue weighted by atomic mass is 16.4. The number of nitrogens with zero attached hydrogens (tertiary/aromatic N) is 1. The molecule has 78 valence electrons. The first kappa shape index (κ1) is 12.4. The Kier molecular flexibility index (Phi) is 6.54. The molecule has 0 radical (unpaired) electrons. The Morgan fingerprint density at radius 3 is 2.54 bits per heavy atom. The van der Waals surface area contributed by atoms with Crippen molar-refractivity contribution < 1.29 is 9.90 Å². The maximum absolute atomic E-state index is 10.7. The van der Waals surface area contributed by atoms with Gasteiger partial charge in [-0.15, -0.1) is 0 Å². The zero-order chi connectivity index (χ0) is 10.3. The molecular formula is C9H20N2O2. The third-order valence-electron chi connectivity index (χ3n) is 2.15. The van der Waals surface area contributed by atoms with E-state index < -0.39 is 12.0 Å². The molecule has 0 aromatic rings. The summed E-state index contributed by atoms with van der Waals surface area (Å²) in [6, 6.07) is -0.531. The number of likely N-dealkylation sites (N-methyl/N-ethyl adjacent to an activating group) is 1. The van der Waals surface area contributed by atoms with Gasteiger partial charge in [-0.05, 0) is 20.0 Å². The lowest BCUT2D eigenvalue weighted by Crippen LogP contribution is -2.44. The summed E-state index contributed by atoms with van der Waals surface area (Å²) in [7, 11) is 1.81. The van der Waals surface area contributed by atoms with E-state index in [0.717, 1.165) is 25.8 Å². The minimum atomic E-state index is -0.832. The van der Waals surface area contributed by atoms with Gasteiger partial charge in [0.05, 0.1) is 0 Å². The molecule has 0 spiro atoms. The van der Waals surface area contributed by atoms with Gasteiger partial charge in [-0.3, -0.25) is 9.69 Å². The Balaban J connectivity index is 3.77. The van der Waals surface area contributed by atoms with E-state index in [1.54, 1.807) is 11.9 Å². The summed E-state index contributed by atoms with van der Waals surface area (Å²) in [5, 5.41) is 8.78. The summed E-state index contributed by atoms with van der Waals surface area (Å²) in [6.45, 7) is 3.11. The minimum Gasteiger partial charge on any atom is -0.480 e. The smallest absolute Gasteiger partial charge is 0.322 e. The van der Waals surface area contributed by atoms with Gasteiger partial charge in [-0.1, -0.05) is 19.8 Å². The zero-order valence-electron chi connectivity index (χ0n) is 8.49. The van der Waals surface area contributed by atoms with E-state index in [4.69, 9.17) is 10.8 Å². The van der Waals surface area contributed by atoms with E-state index in [1.165, 1.54) is 0 Å².